The molecule has 1 unspecified atom stereocenters. The molecule has 5 heterocycles. The van der Waals surface area contributed by atoms with Gasteiger partial charge in [-0.1, -0.05) is 20.8 Å². The Labute approximate surface area is 307 Å². The summed E-state index contributed by atoms with van der Waals surface area (Å²) < 4.78 is 55.4. The lowest BCUT2D eigenvalue weighted by Crippen LogP contribution is -2.84. The van der Waals surface area contributed by atoms with Gasteiger partial charge in [-0.25, -0.2) is 14.4 Å². The number of methoxy groups -OCH3 is 2. The molecule has 2 spiro atoms. The largest absolute Gasteiger partial charge is 0.509 e. The van der Waals surface area contributed by atoms with Crippen LogP contribution in [0.3, 0.4) is 0 Å². The Morgan fingerprint density at radius 3 is 2.09 bits per heavy atom. The first-order chi connectivity index (χ1) is 25.1. The SMILES string of the molecule is COc1ccc(C(=O)O/C(=C2/OC(=O)C3=C2[C@@H]2C4C[C@@]5(O4)[C@H](OC(=O)OC(C)(C)C)[C@@]4(C(C)C)O[C@H]4[C@@H]4O[C@@]45[C@@]2(C)CC3)c2ccc(OC)cc2)cc1. The van der Waals surface area contributed by atoms with Gasteiger partial charge in [0.2, 0.25) is 0 Å². The van der Waals surface area contributed by atoms with Gasteiger partial charge in [0.1, 0.15) is 46.1 Å². The van der Waals surface area contributed by atoms with E-state index in [0.717, 1.165) is 0 Å². The standard InChI is InChI=1S/C41H44O12/c1-20(2)40-31(51-40)32-41(52-32)38(6)18-17-25-27(28(38)26-19-39(41,50-26)35(40)49-36(44)53-37(3,4)5)30(48-34(25)43)29(21-9-13-23(45-7)14-10-21)47-33(42)22-11-15-24(46-8)16-12-22/h9-16,20,26,28,31-32,35H,17-19H2,1-8H3/b30-29+/t26?,28-,31-,32-,35-,38-,39+,40-,41+/m0/s1. The predicted octanol–water partition coefficient (Wildman–Crippen LogP) is 6.31. The van der Waals surface area contributed by atoms with Gasteiger partial charge >= 0.3 is 18.1 Å². The molecule has 4 saturated heterocycles. The highest BCUT2D eigenvalue weighted by atomic mass is 16.8. The zero-order valence-corrected chi connectivity index (χ0v) is 31.1. The van der Waals surface area contributed by atoms with Crippen molar-refractivity contribution in [1.29, 1.82) is 0 Å². The Hall–Kier alpha value is -4.39. The number of hydrogen-bond acceptors (Lipinski definition) is 12. The van der Waals surface area contributed by atoms with E-state index in [9.17, 15) is 14.4 Å². The molecular formula is C41H44O12. The normalized spacial score (nSPS) is 37.8. The maximum atomic E-state index is 13.8. The number of cyclic esters (lactones) is 1. The van der Waals surface area contributed by atoms with Crippen molar-refractivity contribution in [3.05, 3.63) is 76.6 Å². The summed E-state index contributed by atoms with van der Waals surface area (Å²) >= 11 is 0. The maximum absolute atomic E-state index is 13.8. The molecule has 12 heteroatoms. The van der Waals surface area contributed by atoms with Gasteiger partial charge in [0, 0.05) is 34.5 Å². The van der Waals surface area contributed by atoms with Crippen LogP contribution in [0.1, 0.15) is 76.7 Å². The minimum Gasteiger partial charge on any atom is -0.497 e. The van der Waals surface area contributed by atoms with Crippen LogP contribution < -0.4 is 9.47 Å². The maximum Gasteiger partial charge on any atom is 0.509 e. The van der Waals surface area contributed by atoms with Crippen molar-refractivity contribution >= 4 is 23.9 Å². The number of epoxide rings is 2. The molecule has 280 valence electrons. The third-order valence-corrected chi connectivity index (χ3v) is 12.7. The van der Waals surface area contributed by atoms with Gasteiger partial charge in [-0.2, -0.15) is 0 Å². The zero-order chi connectivity index (χ0) is 37.5. The van der Waals surface area contributed by atoms with Crippen LogP contribution in [-0.4, -0.2) is 79.1 Å². The summed E-state index contributed by atoms with van der Waals surface area (Å²) in [5, 5.41) is 0. The van der Waals surface area contributed by atoms with Gasteiger partial charge in [0.25, 0.3) is 0 Å². The van der Waals surface area contributed by atoms with Gasteiger partial charge in [0.15, 0.2) is 17.6 Å². The van der Waals surface area contributed by atoms with E-state index in [1.165, 1.54) is 0 Å². The van der Waals surface area contributed by atoms with Crippen LogP contribution in [0, 0.1) is 17.3 Å². The Kier molecular flexibility index (Phi) is 7.19. The van der Waals surface area contributed by atoms with Gasteiger partial charge < -0.3 is 42.6 Å². The number of hydrogen-bond donors (Lipinski definition) is 0. The van der Waals surface area contributed by atoms with Crippen molar-refractivity contribution in [2.75, 3.05) is 14.2 Å². The van der Waals surface area contributed by atoms with Crippen LogP contribution >= 0.6 is 0 Å². The summed E-state index contributed by atoms with van der Waals surface area (Å²) in [4.78, 5) is 40.9. The number of benzene rings is 2. The second-order valence-corrected chi connectivity index (χ2v) is 16.7. The van der Waals surface area contributed by atoms with Gasteiger partial charge in [-0.15, -0.1) is 0 Å². The monoisotopic (exact) mass is 728 g/mol. The molecule has 0 N–H and O–H groups in total. The summed E-state index contributed by atoms with van der Waals surface area (Å²) in [6.07, 6.45) is -1.07. The molecule has 8 aliphatic rings. The fraction of sp³-hybridized carbons (Fsp3) is 0.537. The molecule has 2 bridgehead atoms. The average molecular weight is 729 g/mol. The third-order valence-electron chi connectivity index (χ3n) is 12.7. The number of carbonyl (C=O) groups is 3. The first kappa shape index (κ1) is 34.4. The molecule has 3 aliphatic carbocycles. The molecule has 0 amide bonds. The molecule has 0 aromatic heterocycles. The summed E-state index contributed by atoms with van der Waals surface area (Å²) in [6, 6.07) is 13.6. The van der Waals surface area contributed by atoms with Gasteiger partial charge in [-0.3, -0.25) is 0 Å². The summed E-state index contributed by atoms with van der Waals surface area (Å²) in [7, 11) is 3.12. The summed E-state index contributed by atoms with van der Waals surface area (Å²) in [5.41, 5.74) is -2.04. The van der Waals surface area contributed by atoms with E-state index in [-0.39, 0.29) is 41.7 Å². The van der Waals surface area contributed by atoms with E-state index >= 15 is 0 Å². The van der Waals surface area contributed by atoms with Crippen LogP contribution in [0.25, 0.3) is 5.76 Å². The molecule has 2 aromatic rings. The predicted molar refractivity (Wildman–Crippen MR) is 186 cm³/mol. The highest BCUT2D eigenvalue weighted by molar-refractivity contribution is 5.99. The lowest BCUT2D eigenvalue weighted by atomic mass is 9.41. The lowest BCUT2D eigenvalue weighted by molar-refractivity contribution is -0.366. The lowest BCUT2D eigenvalue weighted by Gasteiger charge is -2.70. The zero-order valence-electron chi connectivity index (χ0n) is 31.1. The molecule has 2 aromatic carbocycles. The topological polar surface area (TPSA) is 141 Å². The van der Waals surface area contributed by atoms with Crippen molar-refractivity contribution in [1.82, 2.24) is 0 Å². The Morgan fingerprint density at radius 2 is 1.51 bits per heavy atom. The molecule has 9 atom stereocenters. The van der Waals surface area contributed by atoms with Gasteiger partial charge in [-0.05, 0) is 88.1 Å². The molecule has 10 rings (SSSR count). The second-order valence-electron chi connectivity index (χ2n) is 16.7. The molecule has 2 saturated carbocycles. The molecule has 53 heavy (non-hydrogen) atoms. The minimum absolute atomic E-state index is 0.00631. The average Bonchev–Trinajstić information content (AvgIpc) is 4.00. The third kappa shape index (κ3) is 4.48. The fourth-order valence-corrected chi connectivity index (χ4v) is 10.4. The Balaban J connectivity index is 1.14. The van der Waals surface area contributed by atoms with Crippen LogP contribution in [0.2, 0.25) is 0 Å². The van der Waals surface area contributed by atoms with Gasteiger partial charge in [0.05, 0.1) is 25.9 Å². The van der Waals surface area contributed by atoms with E-state index in [0.29, 0.717) is 53.0 Å². The first-order valence-corrected chi connectivity index (χ1v) is 18.3. The van der Waals surface area contributed by atoms with E-state index < -0.39 is 52.0 Å². The molecule has 0 radical (unpaired) electrons. The van der Waals surface area contributed by atoms with E-state index in [1.54, 1.807) is 83.5 Å². The quantitative estimate of drug-likeness (QED) is 0.137. The first-order valence-electron chi connectivity index (χ1n) is 18.3. The molecule has 12 nitrogen and oxygen atoms in total. The number of ether oxygens (including phenoxy) is 9. The van der Waals surface area contributed by atoms with E-state index in [1.807, 2.05) is 0 Å². The Bertz CT molecular complexity index is 1980. The number of esters is 2. The minimum atomic E-state index is -0.993. The number of carbonyl (C=O) groups excluding carboxylic acids is 3. The van der Waals surface area contributed by atoms with Crippen molar-refractivity contribution in [3.8, 4) is 11.5 Å². The van der Waals surface area contributed by atoms with E-state index in [2.05, 4.69) is 20.8 Å². The van der Waals surface area contributed by atoms with Crippen molar-refractivity contribution < 1.29 is 57.0 Å². The smallest absolute Gasteiger partial charge is 0.497 e. The molecule has 6 fully saturated rings. The van der Waals surface area contributed by atoms with Crippen molar-refractivity contribution in [2.24, 2.45) is 17.3 Å². The van der Waals surface area contributed by atoms with Crippen molar-refractivity contribution in [2.45, 2.75) is 108 Å². The highest BCUT2D eigenvalue weighted by Gasteiger charge is 2.99. The fourth-order valence-electron chi connectivity index (χ4n) is 10.4. The van der Waals surface area contributed by atoms with Crippen molar-refractivity contribution in [3.63, 3.8) is 0 Å². The van der Waals surface area contributed by atoms with Crippen LogP contribution in [-0.2, 0) is 38.0 Å². The number of fused-ring (bicyclic) bond motifs is 2. The summed E-state index contributed by atoms with van der Waals surface area (Å²) in [5.74, 6) is -0.00700. The summed E-state index contributed by atoms with van der Waals surface area (Å²) in [6.45, 7) is 11.7. The van der Waals surface area contributed by atoms with Crippen LogP contribution in [0.15, 0.2) is 65.4 Å². The van der Waals surface area contributed by atoms with E-state index in [4.69, 9.17) is 42.6 Å². The Morgan fingerprint density at radius 1 is 0.887 bits per heavy atom. The highest BCUT2D eigenvalue weighted by Crippen LogP contribution is 2.83. The number of rotatable bonds is 7. The molecule has 5 aliphatic heterocycles. The number of allylic oxidation sites excluding steroid dienone is 1. The molecular weight excluding hydrogens is 684 g/mol. The second kappa shape index (κ2) is 11.1. The van der Waals surface area contributed by atoms with Crippen LogP contribution in [0.4, 0.5) is 4.79 Å². The van der Waals surface area contributed by atoms with Crippen LogP contribution in [0.5, 0.6) is 11.5 Å².